The average molecular weight is 358 g/mol. The predicted molar refractivity (Wildman–Crippen MR) is 17.4 cm³/mol. The van der Waals surface area contributed by atoms with Crippen LogP contribution in [0.2, 0.25) is 0 Å². The van der Waals surface area contributed by atoms with Gasteiger partial charge in [0.15, 0.2) is 0 Å². The van der Waals surface area contributed by atoms with Gasteiger partial charge in [-0.25, -0.2) is 0 Å². The Labute approximate surface area is 83.1 Å². The molecule has 69 valence electrons. The Balaban J connectivity index is -0.000000107. The van der Waals surface area contributed by atoms with Gasteiger partial charge in [0.05, 0.1) is 0 Å². The smallest absolute Gasteiger partial charge is 0 e. The van der Waals surface area contributed by atoms with Crippen molar-refractivity contribution >= 4 is 24.4 Å². The third-order valence-corrected chi connectivity index (χ3v) is 0. The summed E-state index contributed by atoms with van der Waals surface area (Å²) in [6.07, 6.45) is 0. The van der Waals surface area contributed by atoms with Crippen molar-refractivity contribution in [1.82, 2.24) is 0 Å². The molecule has 11 heavy (non-hydrogen) atoms. The van der Waals surface area contributed by atoms with E-state index < -0.39 is 27.2 Å². The van der Waals surface area contributed by atoms with Crippen LogP contribution in [0.3, 0.4) is 0 Å². The number of rotatable bonds is 0. The molecule has 0 rings (SSSR count). The van der Waals surface area contributed by atoms with Gasteiger partial charge in [-0.05, 0) is 0 Å². The first-order valence-electron chi connectivity index (χ1n) is 1.40. The van der Waals surface area contributed by atoms with Gasteiger partial charge in [0.1, 0.15) is 0 Å². The van der Waals surface area contributed by atoms with Gasteiger partial charge in [0.2, 0.25) is 0 Å². The largest absolute Gasteiger partial charge is 0 e. The maximum atomic E-state index is 8.82. The molecule has 0 aromatic heterocycles. The molecule has 0 aromatic carbocycles. The first-order chi connectivity index (χ1) is 4.00. The van der Waals surface area contributed by atoms with Crippen LogP contribution in [-0.2, 0) is 42.4 Å². The Morgan fingerprint density at radius 2 is 0.636 bits per heavy atom. The molecule has 3 radical (unpaired) electrons. The fourth-order valence-corrected chi connectivity index (χ4v) is 0. The van der Waals surface area contributed by atoms with Gasteiger partial charge in [-0.1, -0.05) is 0 Å². The Kier molecular flexibility index (Phi) is 10.5. The van der Waals surface area contributed by atoms with Crippen LogP contribution in [0.25, 0.3) is 0 Å². The van der Waals surface area contributed by atoms with Gasteiger partial charge in [0, 0.05) is 24.4 Å². The molecule has 0 aliphatic carbocycles. The second kappa shape index (κ2) is 6.44. The van der Waals surface area contributed by atoms with E-state index in [-0.39, 0.29) is 24.4 Å². The minimum absolute atomic E-state index is 0. The molecule has 0 spiro atoms. The molecule has 0 saturated heterocycles. The summed E-state index contributed by atoms with van der Waals surface area (Å²) >= 11 is -10.5. The molecule has 8 nitrogen and oxygen atoms in total. The van der Waals surface area contributed by atoms with Gasteiger partial charge >= 0.3 is 59.1 Å². The molecule has 0 aromatic rings. The van der Waals surface area contributed by atoms with Crippen LogP contribution < -0.4 is 0 Å². The minimum Gasteiger partial charge on any atom is 0 e. The summed E-state index contributed by atoms with van der Waals surface area (Å²) < 4.78 is 63.8. The van der Waals surface area contributed by atoms with E-state index in [0.717, 1.165) is 0 Å². The molecular formula is H4Cr2O8Sb. The summed E-state index contributed by atoms with van der Waals surface area (Å²) in [5.41, 5.74) is 0. The molecule has 0 aliphatic rings. The summed E-state index contributed by atoms with van der Waals surface area (Å²) in [4.78, 5) is 0. The molecular weight excluding hydrogens is 354 g/mol. The van der Waals surface area contributed by atoms with E-state index in [1.54, 1.807) is 0 Å². The van der Waals surface area contributed by atoms with Crippen molar-refractivity contribution in [3.05, 3.63) is 0 Å². The zero-order valence-electron chi connectivity index (χ0n) is 4.69. The second-order valence-corrected chi connectivity index (χ2v) is 3.69. The maximum Gasteiger partial charge on any atom is 0 e. The zero-order valence-corrected chi connectivity index (χ0v) is 9.79. The Morgan fingerprint density at radius 3 is 0.636 bits per heavy atom. The third kappa shape index (κ3) is 1020. The van der Waals surface area contributed by atoms with Gasteiger partial charge < -0.3 is 0 Å². The van der Waals surface area contributed by atoms with Gasteiger partial charge in [-0.15, -0.1) is 0 Å². The number of hydrogen-bond acceptors (Lipinski definition) is 4. The quantitative estimate of drug-likeness (QED) is 0.333. The first kappa shape index (κ1) is 17.9. The van der Waals surface area contributed by atoms with Crippen LogP contribution >= 0.6 is 0 Å². The van der Waals surface area contributed by atoms with Crippen molar-refractivity contribution < 1.29 is 59.1 Å². The van der Waals surface area contributed by atoms with E-state index >= 15 is 0 Å². The maximum absolute atomic E-state index is 8.82. The van der Waals surface area contributed by atoms with E-state index in [2.05, 4.69) is 0 Å². The molecule has 4 N–H and O–H groups in total. The fourth-order valence-electron chi connectivity index (χ4n) is 0. The predicted octanol–water partition coefficient (Wildman–Crippen LogP) is -3.09. The fraction of sp³-hybridized carbons (Fsp3) is 0. The van der Waals surface area contributed by atoms with Crippen molar-refractivity contribution in [2.24, 2.45) is 0 Å². The van der Waals surface area contributed by atoms with E-state index in [1.807, 2.05) is 0 Å². The third-order valence-electron chi connectivity index (χ3n) is 0. The Hall–Kier alpha value is 0.923. The topological polar surface area (TPSA) is 149 Å². The minimum atomic E-state index is -5.25. The van der Waals surface area contributed by atoms with Crippen LogP contribution in [0.1, 0.15) is 0 Å². The monoisotopic (exact) mass is 357 g/mol. The molecule has 0 saturated carbocycles. The molecule has 0 bridgehead atoms. The molecule has 0 aliphatic heterocycles. The molecule has 11 heteroatoms. The summed E-state index contributed by atoms with van der Waals surface area (Å²) in [7, 11) is 0. The molecule has 0 fully saturated rings. The van der Waals surface area contributed by atoms with Crippen LogP contribution in [0.5, 0.6) is 0 Å². The molecule has 0 amide bonds. The standard InChI is InChI=1S/2Cr.4H2O.4O.Sb/h;;4*1H2;;;;;/q2*+2;;;;;;;;;/p-4. The van der Waals surface area contributed by atoms with E-state index in [0.29, 0.717) is 0 Å². The average Bonchev–Trinajstić information content (AvgIpc) is 1.12. The van der Waals surface area contributed by atoms with Crippen LogP contribution in [0.15, 0.2) is 0 Å². The summed E-state index contributed by atoms with van der Waals surface area (Å²) in [6.45, 7) is 0. The molecule has 0 heterocycles. The van der Waals surface area contributed by atoms with Crippen molar-refractivity contribution in [3.63, 3.8) is 0 Å². The molecule has 0 atom stereocenters. The summed E-state index contributed by atoms with van der Waals surface area (Å²) in [5.74, 6) is 0. The first-order valence-corrected chi connectivity index (χ1v) is 5.76. The van der Waals surface area contributed by atoms with Crippen LogP contribution in [0, 0.1) is 0 Å². The van der Waals surface area contributed by atoms with Crippen LogP contribution in [0.4, 0.5) is 0 Å². The second-order valence-electron chi connectivity index (χ2n) is 0.896. The molecule has 0 unspecified atom stereocenters. The van der Waals surface area contributed by atoms with Crippen molar-refractivity contribution in [2.75, 3.05) is 0 Å². The van der Waals surface area contributed by atoms with Crippen molar-refractivity contribution in [2.45, 2.75) is 0 Å². The van der Waals surface area contributed by atoms with E-state index in [9.17, 15) is 0 Å². The van der Waals surface area contributed by atoms with Crippen molar-refractivity contribution in [3.8, 4) is 0 Å². The zero-order chi connectivity index (χ0) is 9.00. The summed E-state index contributed by atoms with van der Waals surface area (Å²) in [5, 5.41) is 0. The SMILES string of the molecule is [O]=[Cr](=[O])([OH])[OH].[O]=[Cr](=[O])([OH])[OH].[Sb]. The van der Waals surface area contributed by atoms with E-state index in [1.165, 1.54) is 0 Å². The van der Waals surface area contributed by atoms with Gasteiger partial charge in [0.25, 0.3) is 0 Å². The Morgan fingerprint density at radius 1 is 0.636 bits per heavy atom. The summed E-state index contributed by atoms with van der Waals surface area (Å²) in [6, 6.07) is 0. The number of hydrogen-bond donors (Lipinski definition) is 4. The Bertz CT molecular complexity index is 208. The van der Waals surface area contributed by atoms with Crippen LogP contribution in [-0.4, -0.2) is 41.1 Å². The van der Waals surface area contributed by atoms with Gasteiger partial charge in [-0.2, -0.15) is 0 Å². The van der Waals surface area contributed by atoms with Crippen molar-refractivity contribution in [1.29, 1.82) is 0 Å². The van der Waals surface area contributed by atoms with Gasteiger partial charge in [-0.3, -0.25) is 0 Å². The normalized spacial score (nSPS) is 10.5. The van der Waals surface area contributed by atoms with E-state index in [4.69, 9.17) is 31.8 Å².